The van der Waals surface area contributed by atoms with Crippen molar-refractivity contribution in [3.63, 3.8) is 0 Å². The topological polar surface area (TPSA) is 64.4 Å². The molecule has 4 rings (SSSR count). The molecule has 1 saturated heterocycles. The van der Waals surface area contributed by atoms with Crippen LogP contribution in [0.1, 0.15) is 24.8 Å². The summed E-state index contributed by atoms with van der Waals surface area (Å²) in [6.07, 6.45) is 3.34. The lowest BCUT2D eigenvalue weighted by Gasteiger charge is -2.24. The summed E-state index contributed by atoms with van der Waals surface area (Å²) in [5.74, 6) is 0.173. The second kappa shape index (κ2) is 7.86. The van der Waals surface area contributed by atoms with Gasteiger partial charge < -0.3 is 4.90 Å². The molecule has 1 unspecified atom stereocenters. The minimum Gasteiger partial charge on any atom is -0.302 e. The molecule has 0 spiro atoms. The predicted octanol–water partition coefficient (Wildman–Crippen LogP) is 3.47. The highest BCUT2D eigenvalue weighted by Crippen LogP contribution is 2.32. The van der Waals surface area contributed by atoms with Gasteiger partial charge in [-0.25, -0.2) is 12.8 Å². The van der Waals surface area contributed by atoms with Gasteiger partial charge in [-0.1, -0.05) is 18.2 Å². The summed E-state index contributed by atoms with van der Waals surface area (Å²) < 4.78 is 42.3. The Morgan fingerprint density at radius 1 is 1.17 bits per heavy atom. The lowest BCUT2D eigenvalue weighted by atomic mass is 10.0. The van der Waals surface area contributed by atoms with E-state index < -0.39 is 15.8 Å². The fourth-order valence-electron chi connectivity index (χ4n) is 3.91. The van der Waals surface area contributed by atoms with Gasteiger partial charge in [0.25, 0.3) is 0 Å². The van der Waals surface area contributed by atoms with E-state index in [1.807, 2.05) is 6.07 Å². The number of likely N-dealkylation sites (N-methyl/N-ethyl adjacent to an activating group) is 1. The van der Waals surface area contributed by atoms with Gasteiger partial charge in [0.05, 0.1) is 16.5 Å². The number of rotatable bonds is 6. The first-order valence-corrected chi connectivity index (χ1v) is 11.3. The van der Waals surface area contributed by atoms with Gasteiger partial charge in [0, 0.05) is 31.2 Å². The normalized spacial score (nSPS) is 20.1. The Kier molecular flexibility index (Phi) is 5.43. The molecule has 1 aliphatic heterocycles. The van der Waals surface area contributed by atoms with Gasteiger partial charge in [0.15, 0.2) is 0 Å². The molecule has 1 atom stereocenters. The monoisotopic (exact) mass is 413 g/mol. The summed E-state index contributed by atoms with van der Waals surface area (Å²) in [7, 11) is -1.67. The molecule has 2 fully saturated rings. The van der Waals surface area contributed by atoms with Crippen molar-refractivity contribution in [3.8, 4) is 17.2 Å². The SMILES string of the molecule is CN(CC1CC1)C1CCN(S(=O)(=O)c2ccc(-c3ccc(C#N)cc3)c(F)c2)C1. The third kappa shape index (κ3) is 4.20. The van der Waals surface area contributed by atoms with Crippen LogP contribution in [0.2, 0.25) is 0 Å². The van der Waals surface area contributed by atoms with Gasteiger partial charge in [-0.2, -0.15) is 9.57 Å². The summed E-state index contributed by atoms with van der Waals surface area (Å²) in [5.41, 5.74) is 1.41. The van der Waals surface area contributed by atoms with Crippen molar-refractivity contribution in [2.45, 2.75) is 30.2 Å². The van der Waals surface area contributed by atoms with E-state index in [-0.39, 0.29) is 10.9 Å². The zero-order valence-electron chi connectivity index (χ0n) is 16.4. The van der Waals surface area contributed by atoms with Crippen molar-refractivity contribution in [1.82, 2.24) is 9.21 Å². The van der Waals surface area contributed by atoms with E-state index >= 15 is 0 Å². The fourth-order valence-corrected chi connectivity index (χ4v) is 5.41. The van der Waals surface area contributed by atoms with Crippen LogP contribution in [-0.2, 0) is 10.0 Å². The van der Waals surface area contributed by atoms with Crippen LogP contribution < -0.4 is 0 Å². The largest absolute Gasteiger partial charge is 0.302 e. The van der Waals surface area contributed by atoms with Crippen LogP contribution in [-0.4, -0.2) is 50.3 Å². The number of nitriles is 1. The Balaban J connectivity index is 1.51. The number of hydrogen-bond acceptors (Lipinski definition) is 4. The Hall–Kier alpha value is -2.27. The maximum absolute atomic E-state index is 14.7. The molecular formula is C22H24FN3O2S. The van der Waals surface area contributed by atoms with Crippen molar-refractivity contribution in [2.24, 2.45) is 5.92 Å². The van der Waals surface area contributed by atoms with Crippen molar-refractivity contribution in [2.75, 3.05) is 26.7 Å². The third-order valence-electron chi connectivity index (χ3n) is 5.90. The summed E-state index contributed by atoms with van der Waals surface area (Å²) in [6.45, 7) is 1.93. The minimum atomic E-state index is -3.73. The maximum Gasteiger partial charge on any atom is 0.243 e. The van der Waals surface area contributed by atoms with Crippen LogP contribution in [0.25, 0.3) is 11.1 Å². The quantitative estimate of drug-likeness (QED) is 0.727. The highest BCUT2D eigenvalue weighted by molar-refractivity contribution is 7.89. The molecule has 0 amide bonds. The summed E-state index contributed by atoms with van der Waals surface area (Å²) >= 11 is 0. The van der Waals surface area contributed by atoms with E-state index in [1.54, 1.807) is 24.3 Å². The molecule has 2 aromatic rings. The highest BCUT2D eigenvalue weighted by Gasteiger charge is 2.36. The number of sulfonamides is 1. The molecule has 1 saturated carbocycles. The lowest BCUT2D eigenvalue weighted by molar-refractivity contribution is 0.240. The zero-order valence-corrected chi connectivity index (χ0v) is 17.2. The molecule has 1 aliphatic carbocycles. The maximum atomic E-state index is 14.7. The van der Waals surface area contributed by atoms with Crippen molar-refractivity contribution >= 4 is 10.0 Å². The Morgan fingerprint density at radius 2 is 1.90 bits per heavy atom. The molecule has 1 heterocycles. The van der Waals surface area contributed by atoms with E-state index in [4.69, 9.17) is 5.26 Å². The molecule has 0 radical (unpaired) electrons. The second-order valence-corrected chi connectivity index (χ2v) is 9.96. The Bertz CT molecular complexity index is 1040. The standard InChI is InChI=1S/C22H24FN3O2S/c1-25(14-17-2-3-17)19-10-11-26(15-19)29(27,28)20-8-9-21(22(23)12-20)18-6-4-16(13-24)5-7-18/h4-9,12,17,19H,2-3,10-11,14-15H2,1H3. The van der Waals surface area contributed by atoms with E-state index in [0.717, 1.165) is 24.9 Å². The Labute approximate surface area is 171 Å². The molecule has 29 heavy (non-hydrogen) atoms. The van der Waals surface area contributed by atoms with E-state index in [2.05, 4.69) is 11.9 Å². The molecule has 152 valence electrons. The molecule has 2 aliphatic rings. The molecule has 0 bridgehead atoms. The number of nitrogens with zero attached hydrogens (tertiary/aromatic N) is 3. The van der Waals surface area contributed by atoms with Gasteiger partial charge in [-0.05, 0) is 62.1 Å². The average Bonchev–Trinajstić information content (AvgIpc) is 3.38. The van der Waals surface area contributed by atoms with Gasteiger partial charge in [-0.3, -0.25) is 0 Å². The van der Waals surface area contributed by atoms with Crippen molar-refractivity contribution < 1.29 is 12.8 Å². The smallest absolute Gasteiger partial charge is 0.243 e. The van der Waals surface area contributed by atoms with E-state index in [0.29, 0.717) is 29.8 Å². The predicted molar refractivity (Wildman–Crippen MR) is 109 cm³/mol. The lowest BCUT2D eigenvalue weighted by Crippen LogP contribution is -2.37. The highest BCUT2D eigenvalue weighted by atomic mass is 32.2. The molecule has 0 N–H and O–H groups in total. The molecule has 0 aromatic heterocycles. The second-order valence-electron chi connectivity index (χ2n) is 8.02. The van der Waals surface area contributed by atoms with Crippen LogP contribution in [0.15, 0.2) is 47.4 Å². The summed E-state index contributed by atoms with van der Waals surface area (Å²) in [4.78, 5) is 2.25. The number of benzene rings is 2. The van der Waals surface area contributed by atoms with Crippen molar-refractivity contribution in [3.05, 3.63) is 53.8 Å². The van der Waals surface area contributed by atoms with Gasteiger partial charge in [0.1, 0.15) is 5.82 Å². The average molecular weight is 414 g/mol. The number of hydrogen-bond donors (Lipinski definition) is 0. The first-order chi connectivity index (χ1) is 13.9. The first kappa shape index (κ1) is 20.0. The zero-order chi connectivity index (χ0) is 20.6. The van der Waals surface area contributed by atoms with Gasteiger partial charge in [0.2, 0.25) is 10.0 Å². The van der Waals surface area contributed by atoms with Gasteiger partial charge >= 0.3 is 0 Å². The van der Waals surface area contributed by atoms with Crippen LogP contribution in [0.3, 0.4) is 0 Å². The van der Waals surface area contributed by atoms with E-state index in [9.17, 15) is 12.8 Å². The minimum absolute atomic E-state index is 0.0158. The Morgan fingerprint density at radius 3 is 2.52 bits per heavy atom. The third-order valence-corrected chi connectivity index (χ3v) is 7.76. The molecular weight excluding hydrogens is 389 g/mol. The molecule has 5 nitrogen and oxygen atoms in total. The van der Waals surface area contributed by atoms with Crippen LogP contribution in [0.4, 0.5) is 4.39 Å². The molecule has 2 aromatic carbocycles. The fraction of sp³-hybridized carbons (Fsp3) is 0.409. The summed E-state index contributed by atoms with van der Waals surface area (Å²) in [5, 5.41) is 8.88. The van der Waals surface area contributed by atoms with Gasteiger partial charge in [-0.15, -0.1) is 0 Å². The van der Waals surface area contributed by atoms with Crippen LogP contribution in [0.5, 0.6) is 0 Å². The van der Waals surface area contributed by atoms with E-state index in [1.165, 1.54) is 29.3 Å². The summed E-state index contributed by atoms with van der Waals surface area (Å²) in [6, 6.07) is 12.8. The number of halogens is 1. The van der Waals surface area contributed by atoms with Crippen LogP contribution >= 0.6 is 0 Å². The van der Waals surface area contributed by atoms with Crippen LogP contribution in [0, 0.1) is 23.1 Å². The molecule has 7 heteroatoms. The first-order valence-electron chi connectivity index (χ1n) is 9.89. The van der Waals surface area contributed by atoms with Crippen molar-refractivity contribution in [1.29, 1.82) is 5.26 Å².